The Kier molecular flexibility index (Phi) is 9.25. The van der Waals surface area contributed by atoms with Gasteiger partial charge in [-0.05, 0) is 67.5 Å². The Labute approximate surface area is 287 Å². The highest BCUT2D eigenvalue weighted by molar-refractivity contribution is 5.78. The van der Waals surface area contributed by atoms with Gasteiger partial charge in [-0.15, -0.1) is 0 Å². The summed E-state index contributed by atoms with van der Waals surface area (Å²) in [5, 5.41) is 9.62. The van der Waals surface area contributed by atoms with Crippen LogP contribution in [0.1, 0.15) is 60.4 Å². The standard InChI is InChI=1S/C41H42FN3O4/c1-40(2)48-37-36(24-29-13-6-3-7-14-29)44(27-31-19-20-35(42)33(23-31)26-43)39(46)45(21-12-22-47-28-30-15-8-4-9-16-30)41(38(37)49-40)25-34(41)32-17-10-5-11-18-32/h3-11,13-20,23,34,36-38H,12,21-22,24-25,27-28H2,1-2H3/t34-,36-,37+,38-,41+/m1/s1. The number of nitrogens with zero attached hydrogens (tertiary/aromatic N) is 3. The Hall–Kier alpha value is -4.55. The second kappa shape index (κ2) is 13.8. The van der Waals surface area contributed by atoms with E-state index in [1.807, 2.05) is 96.4 Å². The first-order valence-electron chi connectivity index (χ1n) is 17.1. The van der Waals surface area contributed by atoms with Crippen molar-refractivity contribution in [3.8, 4) is 6.07 Å². The van der Waals surface area contributed by atoms with Crippen LogP contribution in [0.4, 0.5) is 9.18 Å². The lowest BCUT2D eigenvalue weighted by atomic mass is 9.90. The van der Waals surface area contributed by atoms with Crippen molar-refractivity contribution in [1.82, 2.24) is 9.80 Å². The summed E-state index contributed by atoms with van der Waals surface area (Å²) in [5.74, 6) is -1.40. The molecule has 252 valence electrons. The number of carbonyl (C=O) groups excluding carboxylic acids is 1. The highest BCUT2D eigenvalue weighted by atomic mass is 19.1. The number of ether oxygens (including phenoxy) is 3. The molecule has 0 unspecified atom stereocenters. The van der Waals surface area contributed by atoms with Gasteiger partial charge in [-0.3, -0.25) is 0 Å². The third kappa shape index (κ3) is 6.71. The Morgan fingerprint density at radius 1 is 0.898 bits per heavy atom. The number of urea groups is 1. The van der Waals surface area contributed by atoms with Gasteiger partial charge >= 0.3 is 6.03 Å². The lowest BCUT2D eigenvalue weighted by Gasteiger charge is -2.38. The lowest BCUT2D eigenvalue weighted by molar-refractivity contribution is -0.159. The van der Waals surface area contributed by atoms with E-state index in [1.54, 1.807) is 12.1 Å². The van der Waals surface area contributed by atoms with Gasteiger partial charge in [-0.2, -0.15) is 5.26 Å². The molecule has 49 heavy (non-hydrogen) atoms. The Balaban J connectivity index is 1.28. The van der Waals surface area contributed by atoms with Gasteiger partial charge in [-0.25, -0.2) is 9.18 Å². The van der Waals surface area contributed by atoms with Crippen molar-refractivity contribution in [3.05, 3.63) is 143 Å². The molecule has 7 nitrogen and oxygen atoms in total. The van der Waals surface area contributed by atoms with E-state index in [2.05, 4.69) is 24.3 Å². The molecule has 0 aromatic heterocycles. The first kappa shape index (κ1) is 33.0. The summed E-state index contributed by atoms with van der Waals surface area (Å²) in [4.78, 5) is 19.1. The predicted molar refractivity (Wildman–Crippen MR) is 184 cm³/mol. The summed E-state index contributed by atoms with van der Waals surface area (Å²) in [6, 6.07) is 36.5. The van der Waals surface area contributed by atoms with E-state index < -0.39 is 35.4 Å². The molecule has 0 N–H and O–H groups in total. The molecule has 8 heteroatoms. The molecular weight excluding hydrogens is 617 g/mol. The van der Waals surface area contributed by atoms with Crippen LogP contribution in [0.3, 0.4) is 0 Å². The van der Waals surface area contributed by atoms with Crippen LogP contribution in [0.15, 0.2) is 109 Å². The molecule has 0 radical (unpaired) electrons. The number of benzene rings is 4. The van der Waals surface area contributed by atoms with Gasteiger partial charge in [0.15, 0.2) is 5.79 Å². The minimum Gasteiger partial charge on any atom is -0.377 e. The first-order chi connectivity index (χ1) is 23.8. The third-order valence-electron chi connectivity index (χ3n) is 10.1. The minimum absolute atomic E-state index is 0.0472. The van der Waals surface area contributed by atoms with E-state index in [4.69, 9.17) is 14.2 Å². The number of hydrogen-bond acceptors (Lipinski definition) is 5. The number of rotatable bonds is 11. The molecule has 0 bridgehead atoms. The SMILES string of the molecule is CC1(C)O[C@H]2[C@@H](Cc3ccccc3)N(Cc3ccc(F)c(C#N)c3)C(=O)N(CCCOCc3ccccc3)[C@]3(C[C@@H]3c3ccccc3)[C@@H]2O1. The highest BCUT2D eigenvalue weighted by Gasteiger charge is 2.72. The average molecular weight is 660 g/mol. The van der Waals surface area contributed by atoms with Crippen molar-refractivity contribution in [2.24, 2.45) is 0 Å². The molecule has 3 aliphatic rings. The summed E-state index contributed by atoms with van der Waals surface area (Å²) in [7, 11) is 0. The fourth-order valence-corrected chi connectivity index (χ4v) is 7.85. The molecule has 2 heterocycles. The quantitative estimate of drug-likeness (QED) is 0.155. The number of carbonyl (C=O) groups is 1. The summed E-state index contributed by atoms with van der Waals surface area (Å²) in [6.45, 7) is 5.53. The van der Waals surface area contributed by atoms with Crippen LogP contribution < -0.4 is 0 Å². The predicted octanol–water partition coefficient (Wildman–Crippen LogP) is 7.60. The molecule has 3 fully saturated rings. The molecule has 2 amide bonds. The molecule has 1 spiro atoms. The van der Waals surface area contributed by atoms with E-state index >= 15 is 4.79 Å². The van der Waals surface area contributed by atoms with Crippen molar-refractivity contribution < 1.29 is 23.4 Å². The largest absolute Gasteiger partial charge is 0.377 e. The van der Waals surface area contributed by atoms with Crippen LogP contribution >= 0.6 is 0 Å². The van der Waals surface area contributed by atoms with Gasteiger partial charge in [0.05, 0.1) is 23.8 Å². The molecule has 1 saturated carbocycles. The lowest BCUT2D eigenvalue weighted by Crippen LogP contribution is -2.53. The van der Waals surface area contributed by atoms with Crippen LogP contribution in [-0.2, 0) is 33.8 Å². The van der Waals surface area contributed by atoms with Crippen LogP contribution in [0.25, 0.3) is 0 Å². The van der Waals surface area contributed by atoms with Crippen LogP contribution in [0.5, 0.6) is 0 Å². The number of fused-ring (bicyclic) bond motifs is 2. The van der Waals surface area contributed by atoms with E-state index in [0.717, 1.165) is 23.1 Å². The molecule has 5 atom stereocenters. The van der Waals surface area contributed by atoms with Crippen LogP contribution in [0.2, 0.25) is 0 Å². The second-order valence-corrected chi connectivity index (χ2v) is 13.8. The van der Waals surface area contributed by atoms with E-state index in [-0.39, 0.29) is 24.1 Å². The van der Waals surface area contributed by atoms with Crippen LogP contribution in [-0.4, -0.2) is 58.6 Å². The van der Waals surface area contributed by atoms with Crippen molar-refractivity contribution in [3.63, 3.8) is 0 Å². The Morgan fingerprint density at radius 2 is 1.57 bits per heavy atom. The maximum Gasteiger partial charge on any atom is 0.321 e. The third-order valence-corrected chi connectivity index (χ3v) is 10.1. The zero-order chi connectivity index (χ0) is 34.0. The Bertz CT molecular complexity index is 1800. The van der Waals surface area contributed by atoms with Gasteiger partial charge in [0, 0.05) is 25.6 Å². The molecule has 4 aromatic carbocycles. The summed E-state index contributed by atoms with van der Waals surface area (Å²) < 4.78 is 34.2. The minimum atomic E-state index is -0.874. The molecule has 4 aromatic rings. The fourth-order valence-electron chi connectivity index (χ4n) is 7.85. The maximum atomic E-state index is 15.2. The van der Waals surface area contributed by atoms with Gasteiger partial charge in [0.1, 0.15) is 24.1 Å². The average Bonchev–Trinajstić information content (AvgIpc) is 3.79. The molecule has 2 aliphatic heterocycles. The van der Waals surface area contributed by atoms with E-state index in [1.165, 1.54) is 6.07 Å². The first-order valence-corrected chi connectivity index (χ1v) is 17.1. The monoisotopic (exact) mass is 659 g/mol. The van der Waals surface area contributed by atoms with Gasteiger partial charge in [-0.1, -0.05) is 97.1 Å². The van der Waals surface area contributed by atoms with Crippen molar-refractivity contribution in [1.29, 1.82) is 5.26 Å². The number of amides is 2. The van der Waals surface area contributed by atoms with E-state index in [0.29, 0.717) is 38.2 Å². The Morgan fingerprint density at radius 3 is 2.27 bits per heavy atom. The van der Waals surface area contributed by atoms with Crippen molar-refractivity contribution >= 4 is 6.03 Å². The topological polar surface area (TPSA) is 75.0 Å². The number of hydrogen-bond donors (Lipinski definition) is 0. The van der Waals surface area contributed by atoms with Gasteiger partial charge < -0.3 is 24.0 Å². The van der Waals surface area contributed by atoms with Crippen molar-refractivity contribution in [2.75, 3.05) is 13.2 Å². The van der Waals surface area contributed by atoms with Gasteiger partial charge in [0.2, 0.25) is 0 Å². The zero-order valence-electron chi connectivity index (χ0n) is 28.0. The number of halogens is 1. The second-order valence-electron chi connectivity index (χ2n) is 13.8. The smallest absolute Gasteiger partial charge is 0.321 e. The molecular formula is C41H42FN3O4. The number of nitriles is 1. The maximum absolute atomic E-state index is 15.2. The van der Waals surface area contributed by atoms with E-state index in [9.17, 15) is 9.65 Å². The van der Waals surface area contributed by atoms with Gasteiger partial charge in [0.25, 0.3) is 0 Å². The summed E-state index contributed by atoms with van der Waals surface area (Å²) >= 11 is 0. The normalized spacial score (nSPS) is 25.6. The zero-order valence-corrected chi connectivity index (χ0v) is 28.0. The van der Waals surface area contributed by atoms with Crippen LogP contribution in [0, 0.1) is 17.1 Å². The molecule has 2 saturated heterocycles. The molecule has 1 aliphatic carbocycles. The fraction of sp³-hybridized carbons (Fsp3) is 0.366. The summed E-state index contributed by atoms with van der Waals surface area (Å²) in [6.07, 6.45) is 1.08. The molecule has 7 rings (SSSR count). The highest BCUT2D eigenvalue weighted by Crippen LogP contribution is 2.63. The summed E-state index contributed by atoms with van der Waals surface area (Å²) in [5.41, 5.74) is 3.33. The van der Waals surface area contributed by atoms with Crippen molar-refractivity contribution in [2.45, 2.75) is 81.8 Å².